The lowest BCUT2D eigenvalue weighted by Crippen LogP contribution is -2.12. The minimum Gasteiger partial charge on any atom is -0.441 e. The highest BCUT2D eigenvalue weighted by molar-refractivity contribution is 14.1. The van der Waals surface area contributed by atoms with Gasteiger partial charge in [-0.25, -0.2) is 9.97 Å². The minimum absolute atomic E-state index is 0.181. The molecule has 0 unspecified atom stereocenters. The van der Waals surface area contributed by atoms with Crippen molar-refractivity contribution in [2.45, 2.75) is 13.3 Å². The molecular weight excluding hydrogens is 419 g/mol. The van der Waals surface area contributed by atoms with Gasteiger partial charge in [-0.1, -0.05) is 6.92 Å². The molecule has 0 bridgehead atoms. The summed E-state index contributed by atoms with van der Waals surface area (Å²) in [7, 11) is 0. The first kappa shape index (κ1) is 15.1. The molecule has 0 aliphatic heterocycles. The van der Waals surface area contributed by atoms with Crippen LogP contribution in [0.3, 0.4) is 0 Å². The first-order valence-corrected chi connectivity index (χ1v) is 8.55. The third-order valence-electron chi connectivity index (χ3n) is 3.71. The van der Waals surface area contributed by atoms with Crippen LogP contribution in [0.2, 0.25) is 0 Å². The van der Waals surface area contributed by atoms with Crippen molar-refractivity contribution in [3.8, 4) is 0 Å². The number of fused-ring (bicyclic) bond motifs is 2. The summed E-state index contributed by atoms with van der Waals surface area (Å²) in [5, 5.41) is 2.90. The van der Waals surface area contributed by atoms with E-state index in [1.807, 2.05) is 35.6 Å². The molecule has 0 radical (unpaired) electrons. The van der Waals surface area contributed by atoms with Gasteiger partial charge in [-0.05, 0) is 52.9 Å². The van der Waals surface area contributed by atoms with Gasteiger partial charge in [0.25, 0.3) is 5.91 Å². The van der Waals surface area contributed by atoms with Crippen LogP contribution in [0.4, 0.5) is 5.69 Å². The molecule has 0 saturated heterocycles. The van der Waals surface area contributed by atoms with E-state index in [9.17, 15) is 4.79 Å². The molecule has 0 spiro atoms. The zero-order valence-corrected chi connectivity index (χ0v) is 14.9. The zero-order chi connectivity index (χ0) is 16.7. The smallest absolute Gasteiger partial charge is 0.257 e. The fourth-order valence-electron chi connectivity index (χ4n) is 2.49. The molecule has 4 aromatic rings. The maximum Gasteiger partial charge on any atom is 0.257 e. The SMILES string of the molecule is CCc1nc2cc(NC(=O)c3ccc4ncc(I)n4c3)ccc2o1. The molecule has 6 nitrogen and oxygen atoms in total. The molecule has 0 aliphatic rings. The van der Waals surface area contributed by atoms with Gasteiger partial charge in [0.1, 0.15) is 14.9 Å². The van der Waals surface area contributed by atoms with Crippen molar-refractivity contribution in [1.29, 1.82) is 0 Å². The Labute approximate surface area is 151 Å². The Kier molecular flexibility index (Phi) is 3.72. The Balaban J connectivity index is 1.63. The van der Waals surface area contributed by atoms with E-state index < -0.39 is 0 Å². The number of nitrogens with one attached hydrogen (secondary N) is 1. The summed E-state index contributed by atoms with van der Waals surface area (Å²) in [6.45, 7) is 1.99. The van der Waals surface area contributed by atoms with Crippen LogP contribution in [-0.4, -0.2) is 20.3 Å². The Morgan fingerprint density at radius 1 is 1.33 bits per heavy atom. The lowest BCUT2D eigenvalue weighted by Gasteiger charge is -2.06. The maximum atomic E-state index is 12.5. The molecule has 0 saturated carbocycles. The number of imidazole rings is 1. The van der Waals surface area contributed by atoms with Gasteiger partial charge in [0.05, 0.1) is 11.8 Å². The van der Waals surface area contributed by atoms with E-state index in [1.165, 1.54) is 0 Å². The Morgan fingerprint density at radius 3 is 3.04 bits per heavy atom. The van der Waals surface area contributed by atoms with Gasteiger partial charge in [0.15, 0.2) is 11.5 Å². The van der Waals surface area contributed by atoms with Crippen LogP contribution in [0.5, 0.6) is 0 Å². The van der Waals surface area contributed by atoms with Gasteiger partial charge in [-0.3, -0.25) is 9.20 Å². The number of aromatic nitrogens is 3. The quantitative estimate of drug-likeness (QED) is 0.499. The molecule has 1 N–H and O–H groups in total. The van der Waals surface area contributed by atoms with Crippen molar-refractivity contribution in [3.63, 3.8) is 0 Å². The summed E-state index contributed by atoms with van der Waals surface area (Å²) >= 11 is 2.18. The predicted molar refractivity (Wildman–Crippen MR) is 99.2 cm³/mol. The molecule has 0 atom stereocenters. The number of benzene rings is 1. The van der Waals surface area contributed by atoms with Crippen LogP contribution in [0, 0.1) is 3.70 Å². The van der Waals surface area contributed by atoms with E-state index in [1.54, 1.807) is 18.5 Å². The summed E-state index contributed by atoms with van der Waals surface area (Å²) in [6.07, 6.45) is 4.28. The van der Waals surface area contributed by atoms with Gasteiger partial charge in [0.2, 0.25) is 0 Å². The number of nitrogens with zero attached hydrogens (tertiary/aromatic N) is 3. The molecule has 0 fully saturated rings. The number of pyridine rings is 1. The topological polar surface area (TPSA) is 72.4 Å². The number of oxazole rings is 1. The zero-order valence-electron chi connectivity index (χ0n) is 12.8. The molecule has 24 heavy (non-hydrogen) atoms. The summed E-state index contributed by atoms with van der Waals surface area (Å²) in [4.78, 5) is 21.1. The highest BCUT2D eigenvalue weighted by atomic mass is 127. The third-order valence-corrected chi connectivity index (χ3v) is 4.51. The lowest BCUT2D eigenvalue weighted by atomic mass is 10.2. The average molecular weight is 432 g/mol. The number of hydrogen-bond donors (Lipinski definition) is 1. The number of amides is 1. The van der Waals surface area contributed by atoms with Gasteiger partial charge < -0.3 is 9.73 Å². The summed E-state index contributed by atoms with van der Waals surface area (Å²) in [6, 6.07) is 9.03. The molecule has 7 heteroatoms. The monoisotopic (exact) mass is 432 g/mol. The second-order valence-corrected chi connectivity index (χ2v) is 6.43. The Bertz CT molecular complexity index is 1070. The standard InChI is InChI=1S/C17H13IN4O2/c1-2-16-21-12-7-11(4-5-13(12)24-16)20-17(23)10-3-6-15-19-8-14(18)22(15)9-10/h3-9H,2H2,1H3,(H,20,23). The minimum atomic E-state index is -0.181. The number of carbonyl (C=O) groups excluding carboxylic acids is 1. The predicted octanol–water partition coefficient (Wildman–Crippen LogP) is 3.89. The van der Waals surface area contributed by atoms with Crippen LogP contribution in [0.1, 0.15) is 23.2 Å². The number of hydrogen-bond acceptors (Lipinski definition) is 4. The van der Waals surface area contributed by atoms with E-state index in [-0.39, 0.29) is 5.91 Å². The van der Waals surface area contributed by atoms with Crippen LogP contribution in [0.25, 0.3) is 16.7 Å². The Hall–Kier alpha value is -2.42. The second kappa shape index (κ2) is 5.90. The van der Waals surface area contributed by atoms with Crippen molar-refractivity contribution in [2.75, 3.05) is 5.32 Å². The summed E-state index contributed by atoms with van der Waals surface area (Å²) in [5.41, 5.74) is 3.52. The van der Waals surface area contributed by atoms with Crippen LogP contribution < -0.4 is 5.32 Å². The van der Waals surface area contributed by atoms with Crippen LogP contribution in [-0.2, 0) is 6.42 Å². The van der Waals surface area contributed by atoms with E-state index in [4.69, 9.17) is 4.42 Å². The van der Waals surface area contributed by atoms with Crippen molar-refractivity contribution < 1.29 is 9.21 Å². The van der Waals surface area contributed by atoms with E-state index in [2.05, 4.69) is 37.9 Å². The highest BCUT2D eigenvalue weighted by Gasteiger charge is 2.11. The molecule has 1 aromatic carbocycles. The van der Waals surface area contributed by atoms with Crippen molar-refractivity contribution in [1.82, 2.24) is 14.4 Å². The highest BCUT2D eigenvalue weighted by Crippen LogP contribution is 2.21. The van der Waals surface area contributed by atoms with Crippen LogP contribution >= 0.6 is 22.6 Å². The fraction of sp³-hybridized carbons (Fsp3) is 0.118. The van der Waals surface area contributed by atoms with Crippen molar-refractivity contribution in [3.05, 3.63) is 57.9 Å². The largest absolute Gasteiger partial charge is 0.441 e. The van der Waals surface area contributed by atoms with Gasteiger partial charge in [-0.2, -0.15) is 0 Å². The molecule has 1 amide bonds. The molecular formula is C17H13IN4O2. The number of carbonyl (C=O) groups is 1. The first-order valence-electron chi connectivity index (χ1n) is 7.47. The van der Waals surface area contributed by atoms with Gasteiger partial charge in [-0.15, -0.1) is 0 Å². The van der Waals surface area contributed by atoms with E-state index >= 15 is 0 Å². The molecule has 3 heterocycles. The summed E-state index contributed by atoms with van der Waals surface area (Å²) < 4.78 is 8.41. The van der Waals surface area contributed by atoms with Gasteiger partial charge >= 0.3 is 0 Å². The molecule has 120 valence electrons. The molecule has 0 aliphatic carbocycles. The molecule has 3 aromatic heterocycles. The maximum absolute atomic E-state index is 12.5. The first-order chi connectivity index (χ1) is 11.6. The van der Waals surface area contributed by atoms with E-state index in [0.29, 0.717) is 17.1 Å². The fourth-order valence-corrected chi connectivity index (χ4v) is 3.02. The van der Waals surface area contributed by atoms with Crippen LogP contribution in [0.15, 0.2) is 47.1 Å². The molecule has 4 rings (SSSR count). The Morgan fingerprint density at radius 2 is 2.21 bits per heavy atom. The second-order valence-electron chi connectivity index (χ2n) is 5.32. The summed E-state index contributed by atoms with van der Waals surface area (Å²) in [5.74, 6) is 0.508. The number of rotatable bonds is 3. The van der Waals surface area contributed by atoms with E-state index in [0.717, 1.165) is 26.9 Å². The number of aryl methyl sites for hydroxylation is 1. The third kappa shape index (κ3) is 2.64. The average Bonchev–Trinajstić information content (AvgIpc) is 3.17. The van der Waals surface area contributed by atoms with Crippen molar-refractivity contribution >= 4 is 50.9 Å². The number of halogens is 1. The van der Waals surface area contributed by atoms with Crippen molar-refractivity contribution in [2.24, 2.45) is 0 Å². The van der Waals surface area contributed by atoms with Gasteiger partial charge in [0, 0.05) is 18.3 Å². The lowest BCUT2D eigenvalue weighted by molar-refractivity contribution is 0.102. The normalized spacial score (nSPS) is 11.2. The number of anilines is 1.